The average Bonchev–Trinajstić information content (AvgIpc) is 3.08. The van der Waals surface area contributed by atoms with E-state index in [9.17, 15) is 10.2 Å². The molecule has 0 aromatic heterocycles. The van der Waals surface area contributed by atoms with Crippen LogP contribution >= 0.6 is 0 Å². The lowest BCUT2D eigenvalue weighted by atomic mass is 10.0. The summed E-state index contributed by atoms with van der Waals surface area (Å²) in [7, 11) is 0. The zero-order chi connectivity index (χ0) is 34.2. The number of rotatable bonds is 23. The molecule has 0 aliphatic carbocycles. The summed E-state index contributed by atoms with van der Waals surface area (Å²) in [6, 6.07) is 22.9. The Morgan fingerprint density at radius 1 is 0.340 bits per heavy atom. The van der Waals surface area contributed by atoms with E-state index in [4.69, 9.17) is 5.11 Å². The molecule has 3 rings (SSSR count). The van der Waals surface area contributed by atoms with Gasteiger partial charge in [0.25, 0.3) is 0 Å². The molecule has 3 heteroatoms. The van der Waals surface area contributed by atoms with Gasteiger partial charge in [0.15, 0.2) is 0 Å². The van der Waals surface area contributed by atoms with Crippen molar-refractivity contribution in [2.45, 2.75) is 168 Å². The van der Waals surface area contributed by atoms with Gasteiger partial charge in [-0.05, 0) is 79.5 Å². The molecule has 0 fully saturated rings. The fraction of sp³-hybridized carbons (Fsp3) is 0.591. The third-order valence-corrected chi connectivity index (χ3v) is 8.84. The predicted octanol–water partition coefficient (Wildman–Crippen LogP) is 13.7. The molecule has 0 aliphatic rings. The summed E-state index contributed by atoms with van der Waals surface area (Å²) < 4.78 is 0. The van der Waals surface area contributed by atoms with Gasteiger partial charge in [0.05, 0.1) is 0 Å². The van der Waals surface area contributed by atoms with Gasteiger partial charge in [-0.1, -0.05) is 178 Å². The number of hydrogen-bond donors (Lipinski definition) is 3. The Labute approximate surface area is 289 Å². The standard InChI is InChI=1S/C16H26O.2C14H22O/c1-2-3-4-5-6-7-8-9-12-15-13-10-11-14-16(15)17;1-2-3-4-5-6-7-10-13-11-8-9-12-14(13)15;1-2-3-4-5-6-7-8-13-9-11-14(15)12-10-13/h10-11,13-14,17H,2-9,12H2,1H3;8-9,11-12,15H,2-7,10H2,1H3;9-12,15H,2-8H2,1H3. The molecule has 0 heterocycles. The number of aryl methyl sites for hydroxylation is 3. The van der Waals surface area contributed by atoms with E-state index >= 15 is 0 Å². The van der Waals surface area contributed by atoms with Crippen molar-refractivity contribution in [3.05, 3.63) is 89.5 Å². The Morgan fingerprint density at radius 2 is 0.660 bits per heavy atom. The van der Waals surface area contributed by atoms with Crippen molar-refractivity contribution in [3.8, 4) is 17.2 Å². The highest BCUT2D eigenvalue weighted by Crippen LogP contribution is 2.20. The molecule has 0 unspecified atom stereocenters. The zero-order valence-corrected chi connectivity index (χ0v) is 30.5. The second-order valence-corrected chi connectivity index (χ2v) is 13.2. The SMILES string of the molecule is CCCCCCCCCCc1ccccc1O.CCCCCCCCc1ccc(O)cc1.CCCCCCCCc1ccccc1O. The van der Waals surface area contributed by atoms with E-state index in [-0.39, 0.29) is 0 Å². The molecule has 3 aromatic rings. The molecule has 3 N–H and O–H groups in total. The van der Waals surface area contributed by atoms with Crippen LogP contribution in [-0.2, 0) is 19.3 Å². The van der Waals surface area contributed by atoms with Gasteiger partial charge in [0.2, 0.25) is 0 Å². The molecule has 264 valence electrons. The molecule has 0 amide bonds. The monoisotopic (exact) mass is 647 g/mol. The summed E-state index contributed by atoms with van der Waals surface area (Å²) in [4.78, 5) is 0. The first-order valence-electron chi connectivity index (χ1n) is 19.3. The normalized spacial score (nSPS) is 10.5. The van der Waals surface area contributed by atoms with Crippen LogP contribution in [-0.4, -0.2) is 15.3 Å². The van der Waals surface area contributed by atoms with E-state index in [1.54, 1.807) is 24.3 Å². The van der Waals surface area contributed by atoms with Crippen LogP contribution in [0.1, 0.15) is 166 Å². The van der Waals surface area contributed by atoms with Crippen molar-refractivity contribution in [1.82, 2.24) is 0 Å². The quantitative estimate of drug-likeness (QED) is 0.0898. The van der Waals surface area contributed by atoms with E-state index in [1.807, 2.05) is 48.5 Å². The van der Waals surface area contributed by atoms with Gasteiger partial charge in [-0.2, -0.15) is 0 Å². The van der Waals surface area contributed by atoms with Crippen LogP contribution < -0.4 is 0 Å². The lowest BCUT2D eigenvalue weighted by molar-refractivity contribution is 0.465. The molecule has 3 aromatic carbocycles. The maximum absolute atomic E-state index is 9.61. The Kier molecular flexibility index (Phi) is 27.2. The lowest BCUT2D eigenvalue weighted by Crippen LogP contribution is -1.87. The number of unbranched alkanes of at least 4 members (excludes halogenated alkanes) is 17. The van der Waals surface area contributed by atoms with E-state index in [2.05, 4.69) is 20.8 Å². The Bertz CT molecular complexity index is 1090. The first-order valence-corrected chi connectivity index (χ1v) is 19.3. The molecule has 47 heavy (non-hydrogen) atoms. The molecule has 0 radical (unpaired) electrons. The van der Waals surface area contributed by atoms with E-state index in [0.717, 1.165) is 30.4 Å². The Balaban J connectivity index is 0.000000353. The highest BCUT2D eigenvalue weighted by molar-refractivity contribution is 5.32. The summed E-state index contributed by atoms with van der Waals surface area (Å²) in [5.41, 5.74) is 3.52. The van der Waals surface area contributed by atoms with Crippen LogP contribution in [0.15, 0.2) is 72.8 Å². The maximum Gasteiger partial charge on any atom is 0.118 e. The second-order valence-electron chi connectivity index (χ2n) is 13.2. The van der Waals surface area contributed by atoms with Gasteiger partial charge in [-0.15, -0.1) is 0 Å². The smallest absolute Gasteiger partial charge is 0.118 e. The summed E-state index contributed by atoms with van der Waals surface area (Å²) in [6.07, 6.45) is 29.8. The van der Waals surface area contributed by atoms with Crippen LogP contribution in [0.2, 0.25) is 0 Å². The number of phenolic OH excluding ortho intramolecular Hbond substituents is 3. The minimum absolute atomic E-state index is 0.363. The Hall–Kier alpha value is -2.94. The highest BCUT2D eigenvalue weighted by atomic mass is 16.3. The molecule has 0 bridgehead atoms. The van der Waals surface area contributed by atoms with Crippen molar-refractivity contribution >= 4 is 0 Å². The first-order chi connectivity index (χ1) is 23.0. The van der Waals surface area contributed by atoms with Crippen molar-refractivity contribution in [2.75, 3.05) is 0 Å². The summed E-state index contributed by atoms with van der Waals surface area (Å²) in [5.74, 6) is 1.27. The molecule has 0 aliphatic heterocycles. The van der Waals surface area contributed by atoms with Crippen molar-refractivity contribution < 1.29 is 15.3 Å². The molecular weight excluding hydrogens is 576 g/mol. The number of benzene rings is 3. The summed E-state index contributed by atoms with van der Waals surface area (Å²) in [6.45, 7) is 6.74. The molecule has 0 saturated heterocycles. The van der Waals surface area contributed by atoms with Gasteiger partial charge < -0.3 is 15.3 Å². The minimum atomic E-state index is 0.363. The fourth-order valence-corrected chi connectivity index (χ4v) is 5.76. The van der Waals surface area contributed by atoms with Gasteiger partial charge in [0, 0.05) is 0 Å². The predicted molar refractivity (Wildman–Crippen MR) is 205 cm³/mol. The van der Waals surface area contributed by atoms with Crippen LogP contribution in [0, 0.1) is 0 Å². The topological polar surface area (TPSA) is 60.7 Å². The number of hydrogen-bond acceptors (Lipinski definition) is 3. The molecule has 0 spiro atoms. The van der Waals surface area contributed by atoms with Crippen LogP contribution in [0.4, 0.5) is 0 Å². The van der Waals surface area contributed by atoms with Gasteiger partial charge in [-0.25, -0.2) is 0 Å². The largest absolute Gasteiger partial charge is 0.508 e. The summed E-state index contributed by atoms with van der Waals surface area (Å²) in [5, 5.41) is 28.3. The van der Waals surface area contributed by atoms with Crippen molar-refractivity contribution in [2.24, 2.45) is 0 Å². The van der Waals surface area contributed by atoms with Crippen LogP contribution in [0.25, 0.3) is 0 Å². The van der Waals surface area contributed by atoms with Crippen LogP contribution in [0.3, 0.4) is 0 Å². The summed E-state index contributed by atoms with van der Waals surface area (Å²) >= 11 is 0. The number of para-hydroxylation sites is 2. The lowest BCUT2D eigenvalue weighted by Gasteiger charge is -2.04. The Morgan fingerprint density at radius 3 is 1.02 bits per heavy atom. The highest BCUT2D eigenvalue weighted by Gasteiger charge is 2.00. The number of aromatic hydroxyl groups is 3. The first kappa shape index (κ1) is 42.1. The van der Waals surface area contributed by atoms with E-state index in [0.29, 0.717) is 17.2 Å². The maximum atomic E-state index is 9.61. The molecule has 0 atom stereocenters. The van der Waals surface area contributed by atoms with E-state index < -0.39 is 0 Å². The van der Waals surface area contributed by atoms with Crippen molar-refractivity contribution in [3.63, 3.8) is 0 Å². The van der Waals surface area contributed by atoms with E-state index in [1.165, 1.54) is 134 Å². The van der Waals surface area contributed by atoms with Crippen molar-refractivity contribution in [1.29, 1.82) is 0 Å². The van der Waals surface area contributed by atoms with Gasteiger partial charge in [-0.3, -0.25) is 0 Å². The van der Waals surface area contributed by atoms with Gasteiger partial charge in [0.1, 0.15) is 17.2 Å². The second kappa shape index (κ2) is 30.4. The minimum Gasteiger partial charge on any atom is -0.508 e. The number of phenols is 3. The third-order valence-electron chi connectivity index (χ3n) is 8.84. The third kappa shape index (κ3) is 23.9. The fourth-order valence-electron chi connectivity index (χ4n) is 5.76. The zero-order valence-electron chi connectivity index (χ0n) is 30.5. The molecular formula is C44H70O3. The van der Waals surface area contributed by atoms with Crippen LogP contribution in [0.5, 0.6) is 17.2 Å². The average molecular weight is 647 g/mol. The van der Waals surface area contributed by atoms with Gasteiger partial charge >= 0.3 is 0 Å². The molecule has 3 nitrogen and oxygen atoms in total. The molecule has 0 saturated carbocycles.